The largest absolute Gasteiger partial charge is 0.493 e. The standard InChI is InChI=1S/C24H25N3O4S/c1-30-21-13-12-20(14-22(21)31-2)27-24(29)16-32-15-23(28)26-19-10-8-18(9-11-19)25-17-6-4-3-5-7-17/h3-14,25H,15-16H2,1-2H3,(H,26,28)(H,27,29). The summed E-state index contributed by atoms with van der Waals surface area (Å²) in [6, 6.07) is 22.4. The van der Waals surface area contributed by atoms with Crippen molar-refractivity contribution in [3.63, 3.8) is 0 Å². The van der Waals surface area contributed by atoms with Gasteiger partial charge in [-0.2, -0.15) is 0 Å². The first-order valence-corrected chi connectivity index (χ1v) is 11.0. The third kappa shape index (κ3) is 6.95. The Morgan fingerprint density at radius 3 is 1.84 bits per heavy atom. The molecule has 0 unspecified atom stereocenters. The van der Waals surface area contributed by atoms with E-state index < -0.39 is 0 Å². The van der Waals surface area contributed by atoms with Crippen LogP contribution in [0.1, 0.15) is 0 Å². The molecule has 166 valence electrons. The van der Waals surface area contributed by atoms with Crippen molar-refractivity contribution < 1.29 is 19.1 Å². The number of carbonyl (C=O) groups excluding carboxylic acids is 2. The van der Waals surface area contributed by atoms with Gasteiger partial charge in [-0.05, 0) is 48.5 Å². The van der Waals surface area contributed by atoms with Gasteiger partial charge in [-0.3, -0.25) is 9.59 Å². The summed E-state index contributed by atoms with van der Waals surface area (Å²) in [6.07, 6.45) is 0. The number of nitrogens with one attached hydrogen (secondary N) is 3. The van der Waals surface area contributed by atoms with Crippen molar-refractivity contribution in [1.82, 2.24) is 0 Å². The van der Waals surface area contributed by atoms with Crippen LogP contribution in [0.5, 0.6) is 11.5 Å². The molecular weight excluding hydrogens is 426 g/mol. The highest BCUT2D eigenvalue weighted by Gasteiger charge is 2.09. The van der Waals surface area contributed by atoms with Crippen LogP contribution in [0.25, 0.3) is 0 Å². The van der Waals surface area contributed by atoms with E-state index in [2.05, 4.69) is 16.0 Å². The SMILES string of the molecule is COc1ccc(NC(=O)CSCC(=O)Nc2ccc(Nc3ccccc3)cc2)cc1OC. The molecule has 3 aromatic rings. The normalized spacial score (nSPS) is 10.2. The van der Waals surface area contributed by atoms with E-state index in [1.807, 2.05) is 54.6 Å². The number of hydrogen-bond acceptors (Lipinski definition) is 6. The van der Waals surface area contributed by atoms with Gasteiger partial charge in [0, 0.05) is 28.8 Å². The average Bonchev–Trinajstić information content (AvgIpc) is 2.81. The number of methoxy groups -OCH3 is 2. The summed E-state index contributed by atoms with van der Waals surface area (Å²) in [7, 11) is 3.08. The Labute approximate surface area is 191 Å². The van der Waals surface area contributed by atoms with E-state index in [0.29, 0.717) is 22.9 Å². The number of thioether (sulfide) groups is 1. The number of benzene rings is 3. The monoisotopic (exact) mass is 451 g/mol. The zero-order chi connectivity index (χ0) is 22.8. The van der Waals surface area contributed by atoms with Crippen LogP contribution in [0.15, 0.2) is 72.8 Å². The van der Waals surface area contributed by atoms with Gasteiger partial charge in [-0.25, -0.2) is 0 Å². The lowest BCUT2D eigenvalue weighted by atomic mass is 10.2. The molecule has 0 saturated heterocycles. The molecule has 0 bridgehead atoms. The fourth-order valence-electron chi connectivity index (χ4n) is 2.87. The summed E-state index contributed by atoms with van der Waals surface area (Å²) in [5.41, 5.74) is 3.22. The number of carbonyl (C=O) groups is 2. The van der Waals surface area contributed by atoms with Gasteiger partial charge < -0.3 is 25.4 Å². The Morgan fingerprint density at radius 1 is 0.688 bits per heavy atom. The lowest BCUT2D eigenvalue weighted by molar-refractivity contribution is -0.114. The number of hydrogen-bond donors (Lipinski definition) is 3. The Balaban J connectivity index is 1.40. The third-order valence-corrected chi connectivity index (χ3v) is 5.30. The highest BCUT2D eigenvalue weighted by Crippen LogP contribution is 2.29. The summed E-state index contributed by atoms with van der Waals surface area (Å²) in [4.78, 5) is 24.3. The van der Waals surface area contributed by atoms with E-state index >= 15 is 0 Å². The molecule has 32 heavy (non-hydrogen) atoms. The molecule has 0 aliphatic rings. The van der Waals surface area contributed by atoms with Crippen LogP contribution in [0.2, 0.25) is 0 Å². The Morgan fingerprint density at radius 2 is 1.22 bits per heavy atom. The molecule has 0 spiro atoms. The van der Waals surface area contributed by atoms with Crippen molar-refractivity contribution in [2.75, 3.05) is 41.7 Å². The van der Waals surface area contributed by atoms with Crippen LogP contribution in [0, 0.1) is 0 Å². The number of para-hydroxylation sites is 1. The van der Waals surface area contributed by atoms with Crippen molar-refractivity contribution >= 4 is 46.3 Å². The van der Waals surface area contributed by atoms with E-state index in [0.717, 1.165) is 11.4 Å². The van der Waals surface area contributed by atoms with Gasteiger partial charge in [-0.15, -0.1) is 11.8 Å². The van der Waals surface area contributed by atoms with Gasteiger partial charge >= 0.3 is 0 Å². The van der Waals surface area contributed by atoms with Crippen LogP contribution in [-0.4, -0.2) is 37.5 Å². The zero-order valence-corrected chi connectivity index (χ0v) is 18.7. The summed E-state index contributed by atoms with van der Waals surface area (Å²) >= 11 is 1.24. The highest BCUT2D eigenvalue weighted by atomic mass is 32.2. The summed E-state index contributed by atoms with van der Waals surface area (Å²) in [6.45, 7) is 0. The van der Waals surface area contributed by atoms with Crippen LogP contribution in [-0.2, 0) is 9.59 Å². The minimum absolute atomic E-state index is 0.154. The van der Waals surface area contributed by atoms with Crippen molar-refractivity contribution in [3.8, 4) is 11.5 Å². The highest BCUT2D eigenvalue weighted by molar-refractivity contribution is 8.00. The predicted octanol–water partition coefficient (Wildman–Crippen LogP) is 4.76. The van der Waals surface area contributed by atoms with Crippen molar-refractivity contribution in [2.45, 2.75) is 0 Å². The first-order chi connectivity index (χ1) is 15.6. The predicted molar refractivity (Wildman–Crippen MR) is 130 cm³/mol. The molecule has 2 amide bonds. The van der Waals surface area contributed by atoms with E-state index in [4.69, 9.17) is 9.47 Å². The van der Waals surface area contributed by atoms with Gasteiger partial charge in [0.15, 0.2) is 11.5 Å². The Kier molecular flexibility index (Phi) is 8.39. The first kappa shape index (κ1) is 23.0. The Bertz CT molecular complexity index is 1040. The summed E-state index contributed by atoms with van der Waals surface area (Å²) < 4.78 is 10.4. The van der Waals surface area contributed by atoms with Gasteiger partial charge in [0.1, 0.15) is 0 Å². The Hall–Kier alpha value is -3.65. The molecule has 3 rings (SSSR count). The summed E-state index contributed by atoms with van der Waals surface area (Å²) in [5.74, 6) is 1.07. The van der Waals surface area contributed by atoms with Crippen LogP contribution >= 0.6 is 11.8 Å². The number of ether oxygens (including phenoxy) is 2. The molecule has 0 atom stereocenters. The van der Waals surface area contributed by atoms with E-state index in [9.17, 15) is 9.59 Å². The molecule has 0 aromatic heterocycles. The topological polar surface area (TPSA) is 88.7 Å². The van der Waals surface area contributed by atoms with E-state index in [1.165, 1.54) is 18.9 Å². The molecule has 3 N–H and O–H groups in total. The zero-order valence-electron chi connectivity index (χ0n) is 17.9. The van der Waals surface area contributed by atoms with Crippen LogP contribution in [0.3, 0.4) is 0 Å². The number of anilines is 4. The molecule has 8 heteroatoms. The molecule has 0 aliphatic heterocycles. The van der Waals surface area contributed by atoms with Crippen molar-refractivity contribution in [1.29, 1.82) is 0 Å². The molecule has 3 aromatic carbocycles. The molecule has 0 saturated carbocycles. The molecular formula is C24H25N3O4S. The molecule has 0 heterocycles. The maximum atomic E-state index is 12.2. The van der Waals surface area contributed by atoms with E-state index in [1.54, 1.807) is 25.3 Å². The van der Waals surface area contributed by atoms with Crippen molar-refractivity contribution in [2.24, 2.45) is 0 Å². The molecule has 7 nitrogen and oxygen atoms in total. The van der Waals surface area contributed by atoms with Gasteiger partial charge in [0.25, 0.3) is 0 Å². The fraction of sp³-hybridized carbons (Fsp3) is 0.167. The smallest absolute Gasteiger partial charge is 0.234 e. The second-order valence-electron chi connectivity index (χ2n) is 6.73. The fourth-order valence-corrected chi connectivity index (χ4v) is 3.49. The third-order valence-electron chi connectivity index (χ3n) is 4.36. The number of amides is 2. The lowest BCUT2D eigenvalue weighted by Crippen LogP contribution is -2.18. The summed E-state index contributed by atoms with van der Waals surface area (Å²) in [5, 5.41) is 8.91. The first-order valence-electron chi connectivity index (χ1n) is 9.89. The molecule has 0 fully saturated rings. The van der Waals surface area contributed by atoms with E-state index in [-0.39, 0.29) is 23.3 Å². The average molecular weight is 452 g/mol. The van der Waals surface area contributed by atoms with Gasteiger partial charge in [-0.1, -0.05) is 18.2 Å². The van der Waals surface area contributed by atoms with Gasteiger partial charge in [0.05, 0.1) is 25.7 Å². The lowest BCUT2D eigenvalue weighted by Gasteiger charge is -2.11. The second-order valence-corrected chi connectivity index (χ2v) is 7.71. The second kappa shape index (κ2) is 11.7. The molecule has 0 aliphatic carbocycles. The van der Waals surface area contributed by atoms with Crippen LogP contribution in [0.4, 0.5) is 22.7 Å². The maximum Gasteiger partial charge on any atom is 0.234 e. The quantitative estimate of drug-likeness (QED) is 0.412. The van der Waals surface area contributed by atoms with Crippen LogP contribution < -0.4 is 25.4 Å². The number of rotatable bonds is 10. The minimum atomic E-state index is -0.202. The van der Waals surface area contributed by atoms with Crippen molar-refractivity contribution in [3.05, 3.63) is 72.8 Å². The molecule has 0 radical (unpaired) electrons. The van der Waals surface area contributed by atoms with Gasteiger partial charge in [0.2, 0.25) is 11.8 Å². The maximum absolute atomic E-state index is 12.2. The minimum Gasteiger partial charge on any atom is -0.493 e.